The second-order valence-corrected chi connectivity index (χ2v) is 4.31. The summed E-state index contributed by atoms with van der Waals surface area (Å²) in [7, 11) is 0. The first-order valence-corrected chi connectivity index (χ1v) is 6.39. The van der Waals surface area contributed by atoms with Gasteiger partial charge < -0.3 is 9.72 Å². The largest absolute Gasteiger partial charge is 0.494 e. The van der Waals surface area contributed by atoms with Gasteiger partial charge in [0.1, 0.15) is 11.6 Å². The summed E-state index contributed by atoms with van der Waals surface area (Å²) in [4.78, 5) is 7.52. The van der Waals surface area contributed by atoms with E-state index in [0.717, 1.165) is 28.4 Å². The zero-order chi connectivity index (χ0) is 13.7. The summed E-state index contributed by atoms with van der Waals surface area (Å²) in [6.07, 6.45) is 2.95. The number of imidazole rings is 1. The smallest absolute Gasteiger partial charge is 0.122 e. The average Bonchev–Trinajstić information content (AvgIpc) is 2.88. The minimum Gasteiger partial charge on any atom is -0.494 e. The van der Waals surface area contributed by atoms with Crippen molar-refractivity contribution < 1.29 is 4.74 Å². The Morgan fingerprint density at radius 3 is 2.95 bits per heavy atom. The van der Waals surface area contributed by atoms with Crippen molar-refractivity contribution in [2.24, 2.45) is 0 Å². The summed E-state index contributed by atoms with van der Waals surface area (Å²) in [6, 6.07) is 8.18. The van der Waals surface area contributed by atoms with E-state index >= 15 is 0 Å². The summed E-state index contributed by atoms with van der Waals surface area (Å²) < 4.78 is 5.52. The van der Waals surface area contributed by atoms with Crippen molar-refractivity contribution >= 4 is 0 Å². The predicted octanol–water partition coefficient (Wildman–Crippen LogP) is 3.24. The summed E-state index contributed by atoms with van der Waals surface area (Å²) in [5.41, 5.74) is 3.16. The summed E-state index contributed by atoms with van der Waals surface area (Å²) in [5.74, 6) is 1.76. The van der Waals surface area contributed by atoms with Crippen LogP contribution in [0.3, 0.4) is 0 Å². The Bertz CT molecular complexity index is 596. The lowest BCUT2D eigenvalue weighted by molar-refractivity contribution is 0.338. The quantitative estimate of drug-likeness (QED) is 0.892. The van der Waals surface area contributed by atoms with E-state index in [1.807, 2.05) is 32.2 Å². The molecule has 0 fully saturated rings. The molecule has 1 N–H and O–H groups in total. The number of nitriles is 1. The first-order chi connectivity index (χ1) is 9.24. The first kappa shape index (κ1) is 13.2. The lowest BCUT2D eigenvalue weighted by Crippen LogP contribution is -1.94. The first-order valence-electron chi connectivity index (χ1n) is 6.39. The third-order valence-electron chi connectivity index (χ3n) is 2.89. The van der Waals surface area contributed by atoms with Gasteiger partial charge in [-0.2, -0.15) is 5.26 Å². The van der Waals surface area contributed by atoms with Crippen molar-refractivity contribution in [2.45, 2.75) is 26.7 Å². The number of rotatable bonds is 5. The molecule has 4 heteroatoms. The van der Waals surface area contributed by atoms with Crippen molar-refractivity contribution in [2.75, 3.05) is 6.61 Å². The van der Waals surface area contributed by atoms with Crippen LogP contribution < -0.4 is 4.74 Å². The number of aromatic amines is 1. The van der Waals surface area contributed by atoms with E-state index in [0.29, 0.717) is 19.4 Å². The molecule has 0 amide bonds. The van der Waals surface area contributed by atoms with E-state index in [1.165, 1.54) is 0 Å². The Morgan fingerprint density at radius 2 is 2.26 bits per heavy atom. The van der Waals surface area contributed by atoms with Crippen LogP contribution in [0.25, 0.3) is 11.3 Å². The molecule has 0 aliphatic carbocycles. The van der Waals surface area contributed by atoms with Gasteiger partial charge >= 0.3 is 0 Å². The number of aromatic nitrogens is 2. The second-order valence-electron chi connectivity index (χ2n) is 4.31. The summed E-state index contributed by atoms with van der Waals surface area (Å²) >= 11 is 0. The van der Waals surface area contributed by atoms with Crippen LogP contribution in [-0.2, 0) is 6.42 Å². The Morgan fingerprint density at radius 1 is 1.42 bits per heavy atom. The zero-order valence-electron chi connectivity index (χ0n) is 11.2. The van der Waals surface area contributed by atoms with Gasteiger partial charge in [0.2, 0.25) is 0 Å². The van der Waals surface area contributed by atoms with Crippen LogP contribution in [0.1, 0.15) is 24.7 Å². The zero-order valence-corrected chi connectivity index (χ0v) is 11.2. The molecule has 98 valence electrons. The number of benzene rings is 1. The van der Waals surface area contributed by atoms with Crippen LogP contribution in [0.2, 0.25) is 0 Å². The number of hydrogen-bond donors (Lipinski definition) is 1. The lowest BCUT2D eigenvalue weighted by atomic mass is 10.1. The average molecular weight is 255 g/mol. The Hall–Kier alpha value is -2.28. The molecule has 19 heavy (non-hydrogen) atoms. The topological polar surface area (TPSA) is 61.7 Å². The highest BCUT2D eigenvalue weighted by atomic mass is 16.5. The van der Waals surface area contributed by atoms with Crippen LogP contribution in [0, 0.1) is 18.3 Å². The third-order valence-corrected chi connectivity index (χ3v) is 2.89. The maximum atomic E-state index is 8.56. The molecule has 4 nitrogen and oxygen atoms in total. The van der Waals surface area contributed by atoms with Crippen molar-refractivity contribution in [1.29, 1.82) is 5.26 Å². The standard InChI is InChI=1S/C15H17N3O/c1-3-19-14-7-6-12(9-11(14)2)13-10-17-15(18-13)5-4-8-16/h6-7,9-10H,3-5H2,1-2H3,(H,17,18). The molecule has 1 aromatic heterocycles. The van der Waals surface area contributed by atoms with Gasteiger partial charge in [0.05, 0.1) is 24.6 Å². The number of H-pyrrole nitrogens is 1. The molecule has 0 unspecified atom stereocenters. The summed E-state index contributed by atoms with van der Waals surface area (Å²) in [6.45, 7) is 4.67. The molecule has 0 saturated carbocycles. The van der Waals surface area contributed by atoms with Gasteiger partial charge in [0.25, 0.3) is 0 Å². The SMILES string of the molecule is CCOc1ccc(-c2cnc(CCC#N)[nH]2)cc1C. The Labute approximate surface area is 113 Å². The minimum absolute atomic E-state index is 0.481. The molecule has 0 aliphatic heterocycles. The molecule has 0 radical (unpaired) electrons. The van der Waals surface area contributed by atoms with Crippen molar-refractivity contribution in [1.82, 2.24) is 9.97 Å². The minimum atomic E-state index is 0.481. The van der Waals surface area contributed by atoms with Gasteiger partial charge in [-0.05, 0) is 37.6 Å². The van der Waals surface area contributed by atoms with Gasteiger partial charge in [0, 0.05) is 18.4 Å². The van der Waals surface area contributed by atoms with Crippen molar-refractivity contribution in [3.63, 3.8) is 0 Å². The monoisotopic (exact) mass is 255 g/mol. The molecule has 0 bridgehead atoms. The van der Waals surface area contributed by atoms with Gasteiger partial charge in [-0.1, -0.05) is 0 Å². The van der Waals surface area contributed by atoms with E-state index in [9.17, 15) is 0 Å². The Balaban J connectivity index is 2.20. The number of nitrogens with one attached hydrogen (secondary N) is 1. The van der Waals surface area contributed by atoms with Crippen LogP contribution in [0.4, 0.5) is 0 Å². The molecule has 0 atom stereocenters. The highest BCUT2D eigenvalue weighted by molar-refractivity contribution is 5.61. The van der Waals surface area contributed by atoms with E-state index in [2.05, 4.69) is 22.1 Å². The number of aryl methyl sites for hydroxylation is 2. The molecule has 0 aliphatic rings. The molecular weight excluding hydrogens is 238 g/mol. The fourth-order valence-corrected chi connectivity index (χ4v) is 1.94. The maximum Gasteiger partial charge on any atom is 0.122 e. The molecular formula is C15H17N3O. The van der Waals surface area contributed by atoms with Gasteiger partial charge in [-0.3, -0.25) is 0 Å². The highest BCUT2D eigenvalue weighted by Gasteiger charge is 2.06. The predicted molar refractivity (Wildman–Crippen MR) is 73.9 cm³/mol. The Kier molecular flexibility index (Phi) is 4.19. The lowest BCUT2D eigenvalue weighted by Gasteiger charge is -2.08. The van der Waals surface area contributed by atoms with Gasteiger partial charge in [-0.25, -0.2) is 4.98 Å². The van der Waals surface area contributed by atoms with E-state index < -0.39 is 0 Å². The van der Waals surface area contributed by atoms with Crippen molar-refractivity contribution in [3.8, 4) is 23.1 Å². The van der Waals surface area contributed by atoms with Crippen molar-refractivity contribution in [3.05, 3.63) is 35.8 Å². The molecule has 2 aromatic rings. The molecule has 0 saturated heterocycles. The fourth-order valence-electron chi connectivity index (χ4n) is 1.94. The van der Waals surface area contributed by atoms with Gasteiger partial charge in [0.15, 0.2) is 0 Å². The molecule has 1 heterocycles. The normalized spacial score (nSPS) is 10.2. The van der Waals surface area contributed by atoms with Gasteiger partial charge in [-0.15, -0.1) is 0 Å². The second kappa shape index (κ2) is 6.05. The fraction of sp³-hybridized carbons (Fsp3) is 0.333. The molecule has 2 rings (SSSR count). The maximum absolute atomic E-state index is 8.56. The van der Waals surface area contributed by atoms with Crippen LogP contribution >= 0.6 is 0 Å². The van der Waals surface area contributed by atoms with Crippen LogP contribution in [0.15, 0.2) is 24.4 Å². The highest BCUT2D eigenvalue weighted by Crippen LogP contribution is 2.25. The van der Waals surface area contributed by atoms with E-state index in [1.54, 1.807) is 0 Å². The van der Waals surface area contributed by atoms with E-state index in [4.69, 9.17) is 10.00 Å². The van der Waals surface area contributed by atoms with Crippen LogP contribution in [0.5, 0.6) is 5.75 Å². The molecule has 0 spiro atoms. The number of nitrogens with zero attached hydrogens (tertiary/aromatic N) is 2. The van der Waals surface area contributed by atoms with Crippen LogP contribution in [-0.4, -0.2) is 16.6 Å². The molecule has 1 aromatic carbocycles. The number of hydrogen-bond acceptors (Lipinski definition) is 3. The third kappa shape index (κ3) is 3.14. The number of ether oxygens (including phenoxy) is 1. The van der Waals surface area contributed by atoms with E-state index in [-0.39, 0.29) is 0 Å². The summed E-state index contributed by atoms with van der Waals surface area (Å²) in [5, 5.41) is 8.56.